The van der Waals surface area contributed by atoms with Gasteiger partial charge in [0.05, 0.1) is 26.2 Å². The lowest BCUT2D eigenvalue weighted by Crippen LogP contribution is -2.20. The molecule has 184 valence electrons. The van der Waals surface area contributed by atoms with Crippen molar-refractivity contribution in [2.45, 2.75) is 19.0 Å². The first-order chi connectivity index (χ1) is 17.5. The van der Waals surface area contributed by atoms with E-state index in [1.165, 1.54) is 23.5 Å². The number of carbonyl (C=O) groups is 1. The molecule has 1 N–H and O–H groups in total. The number of amides is 1. The van der Waals surface area contributed by atoms with Gasteiger partial charge < -0.3 is 9.47 Å². The third kappa shape index (κ3) is 5.92. The SMILES string of the molecule is COc1ccc(OC)c(/C=N/NC(=O)CSc2nnc(-c3ccc(C)cc3)n2-c2ccc(C)cc2)c1. The van der Waals surface area contributed by atoms with Gasteiger partial charge in [0.2, 0.25) is 0 Å². The topological polar surface area (TPSA) is 90.6 Å². The molecule has 0 atom stereocenters. The Hall–Kier alpha value is -4.11. The van der Waals surface area contributed by atoms with Crippen molar-refractivity contribution < 1.29 is 14.3 Å². The van der Waals surface area contributed by atoms with E-state index in [4.69, 9.17) is 9.47 Å². The van der Waals surface area contributed by atoms with E-state index in [1.807, 2.05) is 66.9 Å². The van der Waals surface area contributed by atoms with Gasteiger partial charge in [-0.1, -0.05) is 59.3 Å². The van der Waals surface area contributed by atoms with Crippen molar-refractivity contribution in [1.82, 2.24) is 20.2 Å². The molecule has 0 fully saturated rings. The summed E-state index contributed by atoms with van der Waals surface area (Å²) in [5.41, 5.74) is 7.43. The van der Waals surface area contributed by atoms with Gasteiger partial charge in [0.1, 0.15) is 11.5 Å². The van der Waals surface area contributed by atoms with Crippen molar-refractivity contribution in [3.63, 3.8) is 0 Å². The van der Waals surface area contributed by atoms with Crippen LogP contribution in [0.25, 0.3) is 17.1 Å². The Labute approximate surface area is 214 Å². The Bertz CT molecular complexity index is 1370. The van der Waals surface area contributed by atoms with Gasteiger partial charge in [-0.3, -0.25) is 9.36 Å². The smallest absolute Gasteiger partial charge is 0.250 e. The zero-order valence-electron chi connectivity index (χ0n) is 20.6. The normalized spacial score (nSPS) is 11.0. The van der Waals surface area contributed by atoms with Crippen LogP contribution in [0.5, 0.6) is 11.5 Å². The molecule has 36 heavy (non-hydrogen) atoms. The molecule has 4 aromatic rings. The Morgan fingerprint density at radius 1 is 0.972 bits per heavy atom. The number of hydrogen-bond donors (Lipinski definition) is 1. The molecule has 0 aliphatic heterocycles. The van der Waals surface area contributed by atoms with E-state index in [0.717, 1.165) is 16.8 Å². The molecule has 0 aliphatic carbocycles. The Morgan fingerprint density at radius 2 is 1.67 bits per heavy atom. The minimum absolute atomic E-state index is 0.116. The van der Waals surface area contributed by atoms with Gasteiger partial charge in [-0.25, -0.2) is 5.43 Å². The highest BCUT2D eigenvalue weighted by atomic mass is 32.2. The first-order valence-corrected chi connectivity index (χ1v) is 12.2. The second-order valence-corrected chi connectivity index (χ2v) is 8.98. The molecule has 0 aliphatic rings. The van der Waals surface area contributed by atoms with Gasteiger partial charge in [-0.2, -0.15) is 5.10 Å². The average molecular weight is 502 g/mol. The van der Waals surface area contributed by atoms with Gasteiger partial charge in [-0.15, -0.1) is 10.2 Å². The largest absolute Gasteiger partial charge is 0.497 e. The summed E-state index contributed by atoms with van der Waals surface area (Å²) >= 11 is 1.29. The first kappa shape index (κ1) is 25.0. The molecule has 9 heteroatoms. The van der Waals surface area contributed by atoms with E-state index >= 15 is 0 Å². The number of aromatic nitrogens is 3. The maximum absolute atomic E-state index is 12.5. The zero-order chi connectivity index (χ0) is 25.5. The van der Waals surface area contributed by atoms with Crippen LogP contribution in [0.15, 0.2) is 77.0 Å². The first-order valence-electron chi connectivity index (χ1n) is 11.2. The summed E-state index contributed by atoms with van der Waals surface area (Å²) in [7, 11) is 3.16. The molecule has 0 bridgehead atoms. The molecule has 0 unspecified atom stereocenters. The van der Waals surface area contributed by atoms with E-state index in [9.17, 15) is 4.79 Å². The molecule has 0 saturated heterocycles. The van der Waals surface area contributed by atoms with E-state index in [-0.39, 0.29) is 11.7 Å². The number of thioether (sulfide) groups is 1. The summed E-state index contributed by atoms with van der Waals surface area (Å²) < 4.78 is 12.5. The third-order valence-electron chi connectivity index (χ3n) is 5.40. The van der Waals surface area contributed by atoms with Crippen LogP contribution < -0.4 is 14.9 Å². The van der Waals surface area contributed by atoms with Crippen LogP contribution in [0, 0.1) is 13.8 Å². The van der Waals surface area contributed by atoms with Crippen molar-refractivity contribution >= 4 is 23.9 Å². The van der Waals surface area contributed by atoms with Gasteiger partial charge >= 0.3 is 0 Å². The van der Waals surface area contributed by atoms with Crippen LogP contribution in [-0.2, 0) is 4.79 Å². The molecule has 0 saturated carbocycles. The maximum Gasteiger partial charge on any atom is 0.250 e. The van der Waals surface area contributed by atoms with Crippen molar-refractivity contribution in [2.75, 3.05) is 20.0 Å². The minimum atomic E-state index is -0.270. The summed E-state index contributed by atoms with van der Waals surface area (Å²) in [5, 5.41) is 13.5. The molecular weight excluding hydrogens is 474 g/mol. The number of aryl methyl sites for hydroxylation is 2. The highest BCUT2D eigenvalue weighted by Gasteiger charge is 2.17. The Kier molecular flexibility index (Phi) is 8.02. The lowest BCUT2D eigenvalue weighted by Gasteiger charge is -2.11. The number of ether oxygens (including phenoxy) is 2. The van der Waals surface area contributed by atoms with Gasteiger partial charge in [0, 0.05) is 16.8 Å². The number of benzene rings is 3. The standard InChI is InChI=1S/C27H27N5O3S/c1-18-5-9-20(10-6-18)26-30-31-27(32(26)22-11-7-19(2)8-12-22)36-17-25(33)29-28-16-21-15-23(34-3)13-14-24(21)35-4/h5-16H,17H2,1-4H3,(H,29,33)/b28-16+. The molecule has 4 rings (SSSR count). The number of carbonyl (C=O) groups excluding carboxylic acids is 1. The predicted molar refractivity (Wildman–Crippen MR) is 142 cm³/mol. The number of methoxy groups -OCH3 is 2. The summed E-state index contributed by atoms with van der Waals surface area (Å²) in [5.74, 6) is 1.85. The Balaban J connectivity index is 1.50. The minimum Gasteiger partial charge on any atom is -0.497 e. The molecule has 1 aromatic heterocycles. The van der Waals surface area contributed by atoms with Crippen LogP contribution in [0.1, 0.15) is 16.7 Å². The van der Waals surface area contributed by atoms with Crippen molar-refractivity contribution in [1.29, 1.82) is 0 Å². The molecule has 1 amide bonds. The van der Waals surface area contributed by atoms with Crippen LogP contribution in [-0.4, -0.2) is 46.9 Å². The molecule has 0 spiro atoms. The molecule has 3 aromatic carbocycles. The predicted octanol–water partition coefficient (Wildman–Crippen LogP) is 4.81. The lowest BCUT2D eigenvalue weighted by atomic mass is 10.1. The van der Waals surface area contributed by atoms with E-state index < -0.39 is 0 Å². The average Bonchev–Trinajstić information content (AvgIpc) is 3.32. The quantitative estimate of drug-likeness (QED) is 0.201. The summed E-state index contributed by atoms with van der Waals surface area (Å²) in [6, 6.07) is 21.6. The van der Waals surface area contributed by atoms with E-state index in [1.54, 1.807) is 32.4 Å². The molecule has 0 radical (unpaired) electrons. The summed E-state index contributed by atoms with van der Waals surface area (Å²) in [4.78, 5) is 12.5. The van der Waals surface area contributed by atoms with Crippen molar-refractivity contribution in [3.8, 4) is 28.6 Å². The van der Waals surface area contributed by atoms with Gasteiger partial charge in [0.25, 0.3) is 5.91 Å². The summed E-state index contributed by atoms with van der Waals surface area (Å²) in [6.45, 7) is 4.08. The summed E-state index contributed by atoms with van der Waals surface area (Å²) in [6.07, 6.45) is 1.52. The van der Waals surface area contributed by atoms with Crippen LogP contribution in [0.3, 0.4) is 0 Å². The number of hydrazone groups is 1. The third-order valence-corrected chi connectivity index (χ3v) is 6.33. The van der Waals surface area contributed by atoms with Gasteiger partial charge in [-0.05, 0) is 44.2 Å². The monoisotopic (exact) mass is 501 g/mol. The van der Waals surface area contributed by atoms with Crippen molar-refractivity contribution in [3.05, 3.63) is 83.4 Å². The fourth-order valence-electron chi connectivity index (χ4n) is 3.46. The maximum atomic E-state index is 12.5. The van der Waals surface area contributed by atoms with E-state index in [0.29, 0.717) is 28.0 Å². The number of rotatable bonds is 9. The second-order valence-electron chi connectivity index (χ2n) is 8.03. The van der Waals surface area contributed by atoms with Gasteiger partial charge in [0.15, 0.2) is 11.0 Å². The second kappa shape index (κ2) is 11.5. The highest BCUT2D eigenvalue weighted by molar-refractivity contribution is 7.99. The number of hydrogen-bond acceptors (Lipinski definition) is 7. The van der Waals surface area contributed by atoms with Crippen LogP contribution in [0.2, 0.25) is 0 Å². The van der Waals surface area contributed by atoms with Crippen LogP contribution >= 0.6 is 11.8 Å². The molecule has 8 nitrogen and oxygen atoms in total. The highest BCUT2D eigenvalue weighted by Crippen LogP contribution is 2.28. The fraction of sp³-hybridized carbons (Fsp3) is 0.185. The van der Waals surface area contributed by atoms with Crippen LogP contribution in [0.4, 0.5) is 0 Å². The van der Waals surface area contributed by atoms with E-state index in [2.05, 4.69) is 20.7 Å². The Morgan fingerprint density at radius 3 is 2.33 bits per heavy atom. The fourth-order valence-corrected chi connectivity index (χ4v) is 4.20. The molecule has 1 heterocycles. The zero-order valence-corrected chi connectivity index (χ0v) is 21.4. The molecular formula is C27H27N5O3S. The van der Waals surface area contributed by atoms with Crippen molar-refractivity contribution in [2.24, 2.45) is 5.10 Å². The number of nitrogens with zero attached hydrogens (tertiary/aromatic N) is 4. The lowest BCUT2D eigenvalue weighted by molar-refractivity contribution is -0.118. The number of nitrogens with one attached hydrogen (secondary N) is 1.